The standard InChI is InChI=1S/C9H13OP/c10-6-5-8-1-3-9(7-11)4-2-8/h1-4,10H,5-7,11H2. The summed E-state index contributed by atoms with van der Waals surface area (Å²) in [7, 11) is 2.69. The van der Waals surface area contributed by atoms with E-state index in [4.69, 9.17) is 5.11 Å². The third-order valence-corrected chi connectivity index (χ3v) is 2.13. The van der Waals surface area contributed by atoms with Crippen LogP contribution in [0.2, 0.25) is 0 Å². The zero-order chi connectivity index (χ0) is 8.10. The van der Waals surface area contributed by atoms with Crippen LogP contribution in [0.4, 0.5) is 0 Å². The van der Waals surface area contributed by atoms with Gasteiger partial charge in [0.2, 0.25) is 0 Å². The minimum atomic E-state index is 0.236. The minimum Gasteiger partial charge on any atom is -0.396 e. The van der Waals surface area contributed by atoms with E-state index in [2.05, 4.69) is 33.5 Å². The predicted molar refractivity (Wildman–Crippen MR) is 50.6 cm³/mol. The third kappa shape index (κ3) is 2.61. The Labute approximate surface area is 69.7 Å². The van der Waals surface area contributed by atoms with Crippen molar-refractivity contribution in [3.8, 4) is 0 Å². The molecule has 0 aliphatic carbocycles. The van der Waals surface area contributed by atoms with Crippen molar-refractivity contribution in [2.45, 2.75) is 12.6 Å². The van der Waals surface area contributed by atoms with Crippen LogP contribution in [-0.4, -0.2) is 11.7 Å². The molecule has 1 unspecified atom stereocenters. The number of benzene rings is 1. The average molecular weight is 168 g/mol. The van der Waals surface area contributed by atoms with Crippen LogP contribution < -0.4 is 0 Å². The lowest BCUT2D eigenvalue weighted by Crippen LogP contribution is -1.89. The lowest BCUT2D eigenvalue weighted by molar-refractivity contribution is 0.299. The number of aliphatic hydroxyl groups is 1. The van der Waals surface area contributed by atoms with E-state index >= 15 is 0 Å². The molecule has 2 heteroatoms. The summed E-state index contributed by atoms with van der Waals surface area (Å²) in [4.78, 5) is 0. The van der Waals surface area contributed by atoms with Gasteiger partial charge < -0.3 is 5.11 Å². The molecule has 1 nitrogen and oxygen atoms in total. The molecule has 0 fully saturated rings. The second-order valence-corrected chi connectivity index (χ2v) is 2.90. The highest BCUT2D eigenvalue weighted by molar-refractivity contribution is 7.15. The predicted octanol–water partition coefficient (Wildman–Crippen LogP) is 1.60. The van der Waals surface area contributed by atoms with Crippen molar-refractivity contribution in [2.24, 2.45) is 0 Å². The largest absolute Gasteiger partial charge is 0.396 e. The summed E-state index contributed by atoms with van der Waals surface area (Å²) < 4.78 is 0. The van der Waals surface area contributed by atoms with Gasteiger partial charge in [-0.25, -0.2) is 0 Å². The van der Waals surface area contributed by atoms with Gasteiger partial charge in [-0.05, 0) is 23.7 Å². The van der Waals surface area contributed by atoms with Crippen LogP contribution in [-0.2, 0) is 12.6 Å². The monoisotopic (exact) mass is 168 g/mol. The Balaban J connectivity index is 2.66. The topological polar surface area (TPSA) is 20.2 Å². The van der Waals surface area contributed by atoms with Crippen molar-refractivity contribution in [2.75, 3.05) is 6.61 Å². The molecule has 0 radical (unpaired) electrons. The van der Waals surface area contributed by atoms with Crippen LogP contribution in [0, 0.1) is 0 Å². The molecule has 0 bridgehead atoms. The fourth-order valence-corrected chi connectivity index (χ4v) is 1.24. The highest BCUT2D eigenvalue weighted by Gasteiger charge is 1.91. The van der Waals surface area contributed by atoms with E-state index in [0.717, 1.165) is 12.6 Å². The summed E-state index contributed by atoms with van der Waals surface area (Å²) in [6, 6.07) is 8.32. The first kappa shape index (κ1) is 8.70. The highest BCUT2D eigenvalue weighted by atomic mass is 31.0. The van der Waals surface area contributed by atoms with Crippen LogP contribution in [0.15, 0.2) is 24.3 Å². The number of hydrogen-bond donors (Lipinski definition) is 1. The van der Waals surface area contributed by atoms with Gasteiger partial charge in [0.15, 0.2) is 0 Å². The van der Waals surface area contributed by atoms with E-state index in [1.807, 2.05) is 0 Å². The van der Waals surface area contributed by atoms with Gasteiger partial charge in [0.25, 0.3) is 0 Å². The maximum absolute atomic E-state index is 8.64. The average Bonchev–Trinajstić information content (AvgIpc) is 2.07. The lowest BCUT2D eigenvalue weighted by Gasteiger charge is -1.99. The number of aliphatic hydroxyl groups excluding tert-OH is 1. The van der Waals surface area contributed by atoms with E-state index < -0.39 is 0 Å². The Morgan fingerprint density at radius 2 is 1.64 bits per heavy atom. The van der Waals surface area contributed by atoms with Crippen molar-refractivity contribution >= 4 is 9.24 Å². The van der Waals surface area contributed by atoms with Crippen molar-refractivity contribution < 1.29 is 5.11 Å². The highest BCUT2D eigenvalue weighted by Crippen LogP contribution is 2.07. The summed E-state index contributed by atoms with van der Waals surface area (Å²) in [5.41, 5.74) is 2.52. The normalized spacial score (nSPS) is 10.0. The smallest absolute Gasteiger partial charge is 0.0471 e. The Hall–Kier alpha value is -0.390. The maximum atomic E-state index is 8.64. The first-order valence-electron chi connectivity index (χ1n) is 3.75. The van der Waals surface area contributed by atoms with Crippen LogP contribution in [0.3, 0.4) is 0 Å². The van der Waals surface area contributed by atoms with Gasteiger partial charge in [-0.1, -0.05) is 24.3 Å². The van der Waals surface area contributed by atoms with E-state index in [1.54, 1.807) is 0 Å². The Morgan fingerprint density at radius 3 is 2.09 bits per heavy atom. The molecule has 0 saturated carbocycles. The van der Waals surface area contributed by atoms with Gasteiger partial charge in [0.05, 0.1) is 0 Å². The molecule has 11 heavy (non-hydrogen) atoms. The SMILES string of the molecule is OCCc1ccc(CP)cc1. The zero-order valence-corrected chi connectivity index (χ0v) is 7.61. The molecule has 1 aromatic carbocycles. The lowest BCUT2D eigenvalue weighted by atomic mass is 10.1. The molecular formula is C9H13OP. The number of hydrogen-bond acceptors (Lipinski definition) is 1. The molecule has 1 aromatic rings. The Morgan fingerprint density at radius 1 is 1.09 bits per heavy atom. The molecular weight excluding hydrogens is 155 g/mol. The quantitative estimate of drug-likeness (QED) is 0.679. The Kier molecular flexibility index (Phi) is 3.55. The van der Waals surface area contributed by atoms with E-state index in [-0.39, 0.29) is 6.61 Å². The molecule has 0 aliphatic heterocycles. The van der Waals surface area contributed by atoms with Gasteiger partial charge in [-0.3, -0.25) is 0 Å². The molecule has 0 amide bonds. The second-order valence-electron chi connectivity index (χ2n) is 2.49. The molecule has 60 valence electrons. The van der Waals surface area contributed by atoms with Gasteiger partial charge in [-0.15, -0.1) is 9.24 Å². The molecule has 1 rings (SSSR count). The van der Waals surface area contributed by atoms with E-state index in [1.165, 1.54) is 11.1 Å². The summed E-state index contributed by atoms with van der Waals surface area (Å²) in [6.07, 6.45) is 1.76. The summed E-state index contributed by atoms with van der Waals surface area (Å²) in [6.45, 7) is 0.236. The fourth-order valence-electron chi connectivity index (χ4n) is 0.971. The zero-order valence-electron chi connectivity index (χ0n) is 6.46. The van der Waals surface area contributed by atoms with Crippen molar-refractivity contribution in [3.63, 3.8) is 0 Å². The van der Waals surface area contributed by atoms with Crippen molar-refractivity contribution in [1.82, 2.24) is 0 Å². The van der Waals surface area contributed by atoms with Crippen LogP contribution in [0.5, 0.6) is 0 Å². The molecule has 0 heterocycles. The Bertz CT molecular complexity index is 205. The first-order valence-corrected chi connectivity index (χ1v) is 4.57. The van der Waals surface area contributed by atoms with Crippen LogP contribution in [0.1, 0.15) is 11.1 Å². The molecule has 1 N–H and O–H groups in total. The van der Waals surface area contributed by atoms with Gasteiger partial charge in [0.1, 0.15) is 0 Å². The number of rotatable bonds is 3. The first-order chi connectivity index (χ1) is 5.36. The van der Waals surface area contributed by atoms with Crippen molar-refractivity contribution in [3.05, 3.63) is 35.4 Å². The molecule has 0 aromatic heterocycles. The minimum absolute atomic E-state index is 0.236. The molecule has 0 saturated heterocycles. The van der Waals surface area contributed by atoms with E-state index in [9.17, 15) is 0 Å². The fraction of sp³-hybridized carbons (Fsp3) is 0.333. The van der Waals surface area contributed by atoms with Gasteiger partial charge >= 0.3 is 0 Å². The summed E-state index contributed by atoms with van der Waals surface area (Å²) >= 11 is 0. The van der Waals surface area contributed by atoms with E-state index in [0.29, 0.717) is 0 Å². The van der Waals surface area contributed by atoms with Gasteiger partial charge in [-0.2, -0.15) is 0 Å². The molecule has 1 atom stereocenters. The second kappa shape index (κ2) is 4.48. The van der Waals surface area contributed by atoms with Crippen molar-refractivity contribution in [1.29, 1.82) is 0 Å². The van der Waals surface area contributed by atoms with Gasteiger partial charge in [0, 0.05) is 6.61 Å². The van der Waals surface area contributed by atoms with Crippen LogP contribution >= 0.6 is 9.24 Å². The molecule has 0 aliphatic rings. The maximum Gasteiger partial charge on any atom is 0.0471 e. The third-order valence-electron chi connectivity index (χ3n) is 1.66. The summed E-state index contributed by atoms with van der Waals surface area (Å²) in [5.74, 6) is 0. The molecule has 0 spiro atoms. The van der Waals surface area contributed by atoms with Crippen LogP contribution in [0.25, 0.3) is 0 Å². The summed E-state index contributed by atoms with van der Waals surface area (Å²) in [5, 5.41) is 8.64.